The summed E-state index contributed by atoms with van der Waals surface area (Å²) in [4.78, 5) is 30.2. The molecular formula is C27H24ClF2N5O3. The lowest BCUT2D eigenvalue weighted by atomic mass is 10.1. The summed E-state index contributed by atoms with van der Waals surface area (Å²) in [5.41, 5.74) is 0.991. The van der Waals surface area contributed by atoms with Crippen LogP contribution in [0, 0.1) is 18.6 Å². The number of hydrogen-bond acceptors (Lipinski definition) is 7. The molecule has 1 aliphatic rings. The van der Waals surface area contributed by atoms with Gasteiger partial charge < -0.3 is 9.84 Å². The van der Waals surface area contributed by atoms with Crippen LogP contribution in [0.25, 0.3) is 17.1 Å². The first kappa shape index (κ1) is 25.9. The van der Waals surface area contributed by atoms with E-state index in [4.69, 9.17) is 16.3 Å². The fourth-order valence-electron chi connectivity index (χ4n) is 4.24. The first-order valence-electron chi connectivity index (χ1n) is 11.9. The molecule has 0 atom stereocenters. The SMILES string of the molecule is Cc1c(C2CC2)c(OCc2ncc(F)cc2F)c(Cl)c(=O)n1-c1ccnc(-c2ccnc(C(C)(C)O)n2)c1. The zero-order valence-electron chi connectivity index (χ0n) is 20.9. The summed E-state index contributed by atoms with van der Waals surface area (Å²) in [6.45, 7) is 4.66. The molecule has 1 fully saturated rings. The van der Waals surface area contributed by atoms with Gasteiger partial charge in [0.15, 0.2) is 11.6 Å². The Morgan fingerprint density at radius 1 is 1.13 bits per heavy atom. The van der Waals surface area contributed by atoms with E-state index in [2.05, 4.69) is 19.9 Å². The van der Waals surface area contributed by atoms with E-state index in [1.807, 2.05) is 0 Å². The highest BCUT2D eigenvalue weighted by atomic mass is 35.5. The maximum absolute atomic E-state index is 14.1. The Labute approximate surface area is 222 Å². The highest BCUT2D eigenvalue weighted by Crippen LogP contribution is 2.48. The molecule has 4 aromatic rings. The average molecular weight is 540 g/mol. The monoisotopic (exact) mass is 539 g/mol. The predicted octanol–water partition coefficient (Wildman–Crippen LogP) is 5.01. The lowest BCUT2D eigenvalue weighted by Gasteiger charge is -2.20. The van der Waals surface area contributed by atoms with Crippen molar-refractivity contribution in [2.24, 2.45) is 0 Å². The van der Waals surface area contributed by atoms with Crippen LogP contribution in [-0.2, 0) is 12.2 Å². The van der Waals surface area contributed by atoms with Crippen molar-refractivity contribution in [2.75, 3.05) is 0 Å². The second-order valence-corrected chi connectivity index (χ2v) is 10.0. The van der Waals surface area contributed by atoms with E-state index in [-0.39, 0.29) is 34.8 Å². The van der Waals surface area contributed by atoms with E-state index in [0.717, 1.165) is 30.7 Å². The van der Waals surface area contributed by atoms with Crippen LogP contribution in [-0.4, -0.2) is 29.6 Å². The van der Waals surface area contributed by atoms with Crippen molar-refractivity contribution >= 4 is 11.6 Å². The molecule has 8 nitrogen and oxygen atoms in total. The molecule has 196 valence electrons. The Morgan fingerprint density at radius 2 is 1.87 bits per heavy atom. The van der Waals surface area contributed by atoms with Gasteiger partial charge in [0.2, 0.25) is 0 Å². The molecule has 0 spiro atoms. The summed E-state index contributed by atoms with van der Waals surface area (Å²) in [6.07, 6.45) is 5.76. The second kappa shape index (κ2) is 9.85. The molecule has 1 saturated carbocycles. The summed E-state index contributed by atoms with van der Waals surface area (Å²) in [6, 6.07) is 5.78. The van der Waals surface area contributed by atoms with Gasteiger partial charge in [0.05, 0.1) is 23.3 Å². The van der Waals surface area contributed by atoms with Crippen LogP contribution in [0.15, 0.2) is 47.7 Å². The molecule has 38 heavy (non-hydrogen) atoms. The third kappa shape index (κ3) is 5.01. The highest BCUT2D eigenvalue weighted by molar-refractivity contribution is 6.32. The molecule has 0 aliphatic heterocycles. The lowest BCUT2D eigenvalue weighted by Crippen LogP contribution is -2.24. The molecule has 0 bridgehead atoms. The van der Waals surface area contributed by atoms with Gasteiger partial charge in [-0.15, -0.1) is 0 Å². The molecular weight excluding hydrogens is 516 g/mol. The number of pyridine rings is 3. The molecule has 4 aromatic heterocycles. The summed E-state index contributed by atoms with van der Waals surface area (Å²) < 4.78 is 34.7. The summed E-state index contributed by atoms with van der Waals surface area (Å²) in [5.74, 6) is -1.10. The van der Waals surface area contributed by atoms with Crippen molar-refractivity contribution in [3.8, 4) is 22.8 Å². The zero-order chi connectivity index (χ0) is 27.2. The van der Waals surface area contributed by atoms with Gasteiger partial charge in [-0.3, -0.25) is 19.3 Å². The van der Waals surface area contributed by atoms with E-state index in [1.54, 1.807) is 45.2 Å². The number of rotatable bonds is 7. The van der Waals surface area contributed by atoms with Gasteiger partial charge in [-0.1, -0.05) is 11.6 Å². The Morgan fingerprint density at radius 3 is 2.55 bits per heavy atom. The number of hydrogen-bond donors (Lipinski definition) is 1. The van der Waals surface area contributed by atoms with Gasteiger partial charge in [-0.05, 0) is 57.7 Å². The number of aliphatic hydroxyl groups is 1. The number of nitrogens with zero attached hydrogens (tertiary/aromatic N) is 5. The van der Waals surface area contributed by atoms with E-state index >= 15 is 0 Å². The molecule has 0 aromatic carbocycles. The fourth-order valence-corrected chi connectivity index (χ4v) is 4.48. The largest absolute Gasteiger partial charge is 0.485 e. The third-order valence-corrected chi connectivity index (χ3v) is 6.58. The van der Waals surface area contributed by atoms with Crippen molar-refractivity contribution in [3.05, 3.63) is 92.6 Å². The Bertz CT molecular complexity index is 1600. The normalized spacial score (nSPS) is 13.6. The van der Waals surface area contributed by atoms with E-state index in [1.165, 1.54) is 10.8 Å². The Kier molecular flexibility index (Phi) is 6.70. The van der Waals surface area contributed by atoms with Crippen molar-refractivity contribution in [2.45, 2.75) is 51.7 Å². The van der Waals surface area contributed by atoms with E-state index < -0.39 is 22.8 Å². The van der Waals surface area contributed by atoms with Gasteiger partial charge in [0, 0.05) is 29.7 Å². The van der Waals surface area contributed by atoms with Crippen molar-refractivity contribution in [1.29, 1.82) is 0 Å². The number of ether oxygens (including phenoxy) is 1. The van der Waals surface area contributed by atoms with Crippen molar-refractivity contribution in [3.63, 3.8) is 0 Å². The third-order valence-electron chi connectivity index (χ3n) is 6.25. The van der Waals surface area contributed by atoms with Crippen LogP contribution in [0.3, 0.4) is 0 Å². The van der Waals surface area contributed by atoms with E-state index in [0.29, 0.717) is 22.8 Å². The van der Waals surface area contributed by atoms with Gasteiger partial charge >= 0.3 is 0 Å². The first-order valence-corrected chi connectivity index (χ1v) is 12.3. The van der Waals surface area contributed by atoms with Crippen LogP contribution >= 0.6 is 11.6 Å². The van der Waals surface area contributed by atoms with Crippen molar-refractivity contribution < 1.29 is 18.6 Å². The van der Waals surface area contributed by atoms with Crippen LogP contribution in [0.5, 0.6) is 5.75 Å². The molecule has 1 N–H and O–H groups in total. The first-order chi connectivity index (χ1) is 18.0. The fraction of sp³-hybridized carbons (Fsp3) is 0.296. The average Bonchev–Trinajstić information content (AvgIpc) is 3.71. The zero-order valence-corrected chi connectivity index (χ0v) is 21.6. The van der Waals surface area contributed by atoms with Crippen LogP contribution in [0.4, 0.5) is 8.78 Å². The molecule has 0 amide bonds. The maximum atomic E-state index is 14.1. The van der Waals surface area contributed by atoms with Crippen molar-refractivity contribution in [1.82, 2.24) is 24.5 Å². The molecule has 1 aliphatic carbocycles. The lowest BCUT2D eigenvalue weighted by molar-refractivity contribution is 0.0688. The second-order valence-electron chi connectivity index (χ2n) is 9.65. The quantitative estimate of drug-likeness (QED) is 0.352. The summed E-state index contributed by atoms with van der Waals surface area (Å²) in [5, 5.41) is 10.1. The molecule has 4 heterocycles. The Hall–Kier alpha value is -3.76. The summed E-state index contributed by atoms with van der Waals surface area (Å²) in [7, 11) is 0. The smallest absolute Gasteiger partial charge is 0.277 e. The molecule has 5 rings (SSSR count). The van der Waals surface area contributed by atoms with Gasteiger partial charge in [0.25, 0.3) is 5.56 Å². The Balaban J connectivity index is 1.57. The van der Waals surface area contributed by atoms with Gasteiger partial charge in [-0.2, -0.15) is 0 Å². The number of halogens is 3. The van der Waals surface area contributed by atoms with Crippen LogP contribution in [0.2, 0.25) is 5.02 Å². The minimum absolute atomic E-state index is 0.0971. The molecule has 0 unspecified atom stereocenters. The molecule has 0 saturated heterocycles. The van der Waals surface area contributed by atoms with Gasteiger partial charge in [-0.25, -0.2) is 18.7 Å². The highest BCUT2D eigenvalue weighted by Gasteiger charge is 2.33. The summed E-state index contributed by atoms with van der Waals surface area (Å²) >= 11 is 6.56. The standard InChI is InChI=1S/C27H24ClF2N5O3/c1-14-22(15-4-5-15)24(38-13-21-18(30)10-16(29)12-33-21)23(28)25(36)35(14)17-6-8-31-20(11-17)19-7-9-32-26(34-19)27(2,3)37/h6-12,15,37H,4-5,13H2,1-3H3. The van der Waals surface area contributed by atoms with Gasteiger partial charge in [0.1, 0.15) is 34.5 Å². The minimum atomic E-state index is -1.24. The minimum Gasteiger partial charge on any atom is -0.485 e. The maximum Gasteiger partial charge on any atom is 0.277 e. The van der Waals surface area contributed by atoms with Crippen LogP contribution in [0.1, 0.15) is 55.4 Å². The molecule has 11 heteroatoms. The topological polar surface area (TPSA) is 103 Å². The van der Waals surface area contributed by atoms with Crippen LogP contribution < -0.4 is 10.3 Å². The predicted molar refractivity (Wildman–Crippen MR) is 136 cm³/mol. The number of aromatic nitrogens is 5. The molecule has 0 radical (unpaired) electrons. The van der Waals surface area contributed by atoms with E-state index in [9.17, 15) is 18.7 Å².